The third-order valence-electron chi connectivity index (χ3n) is 8.28. The van der Waals surface area contributed by atoms with E-state index in [1.807, 2.05) is 0 Å². The zero-order valence-electron chi connectivity index (χ0n) is 19.8. The topological polar surface area (TPSA) is 98.7 Å². The summed E-state index contributed by atoms with van der Waals surface area (Å²) in [6.07, 6.45) is 6.85. The van der Waals surface area contributed by atoms with Crippen LogP contribution < -0.4 is 10.6 Å². The highest BCUT2D eigenvalue weighted by molar-refractivity contribution is 8.02. The minimum absolute atomic E-state index is 0.0590. The van der Waals surface area contributed by atoms with Gasteiger partial charge in [0.1, 0.15) is 6.04 Å². The number of aliphatic hydroxyl groups is 1. The van der Waals surface area contributed by atoms with Crippen molar-refractivity contribution in [3.05, 3.63) is 0 Å². The van der Waals surface area contributed by atoms with Crippen LogP contribution in [0.15, 0.2) is 0 Å². The zero-order chi connectivity index (χ0) is 23.2. The van der Waals surface area contributed by atoms with Gasteiger partial charge in [0.2, 0.25) is 17.7 Å². The number of fused-ring (bicyclic) bond motifs is 1. The number of nitrogens with one attached hydrogen (secondary N) is 2. The largest absolute Gasteiger partial charge is 0.394 e. The van der Waals surface area contributed by atoms with Crippen LogP contribution in [-0.2, 0) is 14.4 Å². The Hall–Kier alpha value is -1.28. The number of hydrogen-bond donors (Lipinski definition) is 3. The van der Waals surface area contributed by atoms with Crippen LogP contribution >= 0.6 is 11.8 Å². The molecule has 1 saturated carbocycles. The fraction of sp³-hybridized carbons (Fsp3) is 0.875. The van der Waals surface area contributed by atoms with Gasteiger partial charge >= 0.3 is 0 Å². The number of rotatable bonds is 7. The first-order chi connectivity index (χ1) is 15.3. The average molecular weight is 466 g/mol. The van der Waals surface area contributed by atoms with E-state index in [9.17, 15) is 19.5 Å². The molecular formula is C24H39N3O4S. The van der Waals surface area contributed by atoms with Gasteiger partial charge in [0.05, 0.1) is 29.2 Å². The van der Waals surface area contributed by atoms with Crippen LogP contribution in [0.4, 0.5) is 0 Å². The number of hydrogen-bond acceptors (Lipinski definition) is 5. The smallest absolute Gasteiger partial charge is 0.244 e. The molecule has 3 N–H and O–H groups in total. The second-order valence-corrected chi connectivity index (χ2v) is 12.3. The molecule has 2 bridgehead atoms. The van der Waals surface area contributed by atoms with Crippen molar-refractivity contribution < 1.29 is 19.5 Å². The van der Waals surface area contributed by atoms with Crippen molar-refractivity contribution in [1.82, 2.24) is 15.5 Å². The van der Waals surface area contributed by atoms with Crippen molar-refractivity contribution in [1.29, 1.82) is 0 Å². The van der Waals surface area contributed by atoms with E-state index in [0.29, 0.717) is 6.42 Å². The standard InChI is InChI=1S/C24H39N3O4S/c1-13(2)10-16(12-28)27-20(22(30)26-15-8-6-5-7-9-15)24-14(3)11-17(32-24)18(21(29)25-4)19(24)23(27)31/h13-20,28H,5-12H2,1-4H3,(H,25,29)(H,26,30)/t14?,16-,17+,18-,19+,20?,24?/m1/s1. The summed E-state index contributed by atoms with van der Waals surface area (Å²) in [5.41, 5.74) is 0. The molecule has 4 rings (SSSR count). The van der Waals surface area contributed by atoms with Gasteiger partial charge in [0.25, 0.3) is 0 Å². The summed E-state index contributed by atoms with van der Waals surface area (Å²) in [5, 5.41) is 16.4. The predicted octanol–water partition coefficient (Wildman–Crippen LogP) is 1.93. The molecule has 0 aromatic carbocycles. The molecule has 3 aliphatic heterocycles. The second kappa shape index (κ2) is 9.16. The van der Waals surface area contributed by atoms with Crippen molar-refractivity contribution in [2.24, 2.45) is 23.7 Å². The molecule has 7 nitrogen and oxygen atoms in total. The predicted molar refractivity (Wildman–Crippen MR) is 125 cm³/mol. The highest BCUT2D eigenvalue weighted by Crippen LogP contribution is 2.68. The Balaban J connectivity index is 1.74. The van der Waals surface area contributed by atoms with Gasteiger partial charge in [0, 0.05) is 18.3 Å². The quantitative estimate of drug-likeness (QED) is 0.534. The minimum Gasteiger partial charge on any atom is -0.394 e. The molecule has 0 radical (unpaired) electrons. The average Bonchev–Trinajstić information content (AvgIpc) is 3.36. The molecule has 0 aromatic rings. The van der Waals surface area contributed by atoms with Crippen LogP contribution in [0.25, 0.3) is 0 Å². The van der Waals surface area contributed by atoms with Crippen molar-refractivity contribution in [2.75, 3.05) is 13.7 Å². The monoisotopic (exact) mass is 465 g/mol. The molecule has 8 heteroatoms. The van der Waals surface area contributed by atoms with E-state index in [-0.39, 0.29) is 47.5 Å². The first-order valence-electron chi connectivity index (χ1n) is 12.4. The number of likely N-dealkylation sites (tertiary alicyclic amines) is 1. The Morgan fingerprint density at radius 1 is 1.22 bits per heavy atom. The lowest BCUT2D eigenvalue weighted by atomic mass is 9.66. The normalized spacial score (nSPS) is 37.6. The van der Waals surface area contributed by atoms with E-state index in [0.717, 1.165) is 32.1 Å². The number of aliphatic hydroxyl groups excluding tert-OH is 1. The number of nitrogens with zero attached hydrogens (tertiary/aromatic N) is 1. The third-order valence-corrected chi connectivity index (χ3v) is 10.4. The SMILES string of the molecule is CNC(=O)[C@@H]1[C@@H]2CC(C)C3(S2)C(C(=O)NC2CCCCC2)N([C@@H](CO)CC(C)C)C(=O)[C@H]13. The van der Waals surface area contributed by atoms with E-state index >= 15 is 0 Å². The summed E-state index contributed by atoms with van der Waals surface area (Å²) in [6, 6.07) is -0.908. The molecule has 7 atom stereocenters. The van der Waals surface area contributed by atoms with Crippen LogP contribution in [-0.4, -0.2) is 69.5 Å². The number of carbonyl (C=O) groups excluding carboxylic acids is 3. The number of thioether (sulfide) groups is 1. The van der Waals surface area contributed by atoms with Gasteiger partial charge in [-0.1, -0.05) is 40.0 Å². The van der Waals surface area contributed by atoms with E-state index in [2.05, 4.69) is 31.4 Å². The Kier molecular flexibility index (Phi) is 6.83. The van der Waals surface area contributed by atoms with Crippen molar-refractivity contribution >= 4 is 29.5 Å². The van der Waals surface area contributed by atoms with Crippen LogP contribution in [0.1, 0.15) is 65.7 Å². The maximum absolute atomic E-state index is 14.0. The fourth-order valence-electron chi connectivity index (χ4n) is 6.97. The molecule has 3 amide bonds. The Labute approximate surface area is 195 Å². The molecule has 4 aliphatic rings. The summed E-state index contributed by atoms with van der Waals surface area (Å²) in [6.45, 7) is 6.09. The van der Waals surface area contributed by atoms with Crippen molar-refractivity contribution in [2.45, 2.75) is 93.8 Å². The lowest BCUT2D eigenvalue weighted by Crippen LogP contribution is -2.60. The van der Waals surface area contributed by atoms with Gasteiger partial charge < -0.3 is 20.6 Å². The van der Waals surface area contributed by atoms with Gasteiger partial charge in [0.15, 0.2) is 0 Å². The fourth-order valence-corrected chi connectivity index (χ4v) is 9.37. The summed E-state index contributed by atoms with van der Waals surface area (Å²) >= 11 is 1.70. The maximum Gasteiger partial charge on any atom is 0.244 e. The van der Waals surface area contributed by atoms with E-state index in [1.54, 1.807) is 23.7 Å². The van der Waals surface area contributed by atoms with Gasteiger partial charge in [-0.2, -0.15) is 0 Å². The summed E-state index contributed by atoms with van der Waals surface area (Å²) in [7, 11) is 1.62. The van der Waals surface area contributed by atoms with E-state index < -0.39 is 28.7 Å². The number of carbonyl (C=O) groups is 3. The number of amides is 3. The molecular weight excluding hydrogens is 426 g/mol. The highest BCUT2D eigenvalue weighted by atomic mass is 32.2. The summed E-state index contributed by atoms with van der Waals surface area (Å²) < 4.78 is -0.609. The molecule has 180 valence electrons. The molecule has 3 heterocycles. The maximum atomic E-state index is 14.0. The van der Waals surface area contributed by atoms with Crippen LogP contribution in [0.2, 0.25) is 0 Å². The molecule has 3 unspecified atom stereocenters. The highest BCUT2D eigenvalue weighted by Gasteiger charge is 2.76. The van der Waals surface area contributed by atoms with Gasteiger partial charge in [-0.05, 0) is 37.5 Å². The lowest BCUT2D eigenvalue weighted by Gasteiger charge is -2.41. The molecule has 32 heavy (non-hydrogen) atoms. The molecule has 4 fully saturated rings. The van der Waals surface area contributed by atoms with Crippen LogP contribution in [0.5, 0.6) is 0 Å². The van der Waals surface area contributed by atoms with E-state index in [4.69, 9.17) is 0 Å². The van der Waals surface area contributed by atoms with Crippen molar-refractivity contribution in [3.63, 3.8) is 0 Å². The molecule has 1 aliphatic carbocycles. The second-order valence-electron chi connectivity index (χ2n) is 10.7. The Morgan fingerprint density at radius 3 is 2.50 bits per heavy atom. The minimum atomic E-state index is -0.641. The van der Waals surface area contributed by atoms with Crippen LogP contribution in [0, 0.1) is 23.7 Å². The molecule has 0 aromatic heterocycles. The van der Waals surface area contributed by atoms with Gasteiger partial charge in [-0.25, -0.2) is 0 Å². The van der Waals surface area contributed by atoms with Crippen LogP contribution in [0.3, 0.4) is 0 Å². The van der Waals surface area contributed by atoms with Crippen molar-refractivity contribution in [3.8, 4) is 0 Å². The summed E-state index contributed by atoms with van der Waals surface area (Å²) in [4.78, 5) is 42.4. The molecule has 3 saturated heterocycles. The van der Waals surface area contributed by atoms with Gasteiger partial charge in [-0.3, -0.25) is 14.4 Å². The lowest BCUT2D eigenvalue weighted by molar-refractivity contribution is -0.143. The Morgan fingerprint density at radius 2 is 1.91 bits per heavy atom. The summed E-state index contributed by atoms with van der Waals surface area (Å²) in [5.74, 6) is -0.816. The zero-order valence-corrected chi connectivity index (χ0v) is 20.6. The first kappa shape index (κ1) is 23.9. The Bertz CT molecular complexity index is 756. The first-order valence-corrected chi connectivity index (χ1v) is 13.3. The molecule has 1 spiro atoms. The van der Waals surface area contributed by atoms with Gasteiger partial charge in [-0.15, -0.1) is 11.8 Å². The van der Waals surface area contributed by atoms with E-state index in [1.165, 1.54) is 6.42 Å². The third kappa shape index (κ3) is 3.65.